The molecule has 0 aliphatic rings. The minimum absolute atomic E-state index is 0.187. The molecule has 0 saturated carbocycles. The van der Waals surface area contributed by atoms with E-state index in [1.165, 1.54) is 0 Å². The molecule has 2 rings (SSSR count). The highest BCUT2D eigenvalue weighted by Crippen LogP contribution is 2.13. The minimum Gasteiger partial charge on any atom is -0.486 e. The van der Waals surface area contributed by atoms with Crippen LogP contribution in [-0.2, 0) is 6.61 Å². The smallest absolute Gasteiger partial charge is 0.286 e. The Morgan fingerprint density at radius 1 is 1.21 bits per heavy atom. The average molecular weight is 259 g/mol. The van der Waals surface area contributed by atoms with Crippen molar-refractivity contribution >= 4 is 5.91 Å². The Kier molecular flexibility index (Phi) is 4.61. The van der Waals surface area contributed by atoms with Gasteiger partial charge in [-0.1, -0.05) is 25.1 Å². The standard InChI is InChI=1S/C15H17NO3/c1-2-10-16-15(17)14-9-8-13(19-14)11-18-12-6-4-3-5-7-12/h3-9H,2,10-11H2,1H3,(H,16,17). The van der Waals surface area contributed by atoms with Gasteiger partial charge in [0, 0.05) is 6.54 Å². The first-order valence-electron chi connectivity index (χ1n) is 6.34. The third-order valence-corrected chi connectivity index (χ3v) is 2.55. The molecule has 1 amide bonds. The Balaban J connectivity index is 1.89. The van der Waals surface area contributed by atoms with Gasteiger partial charge in [0.15, 0.2) is 5.76 Å². The summed E-state index contributed by atoms with van der Waals surface area (Å²) in [4.78, 5) is 11.6. The second-order valence-electron chi connectivity index (χ2n) is 4.12. The Bertz CT molecular complexity index is 519. The quantitative estimate of drug-likeness (QED) is 0.867. The van der Waals surface area contributed by atoms with Gasteiger partial charge in [-0.2, -0.15) is 0 Å². The van der Waals surface area contributed by atoms with Crippen LogP contribution in [0.15, 0.2) is 46.9 Å². The lowest BCUT2D eigenvalue weighted by atomic mass is 10.3. The normalized spacial score (nSPS) is 10.2. The van der Waals surface area contributed by atoms with E-state index >= 15 is 0 Å². The largest absolute Gasteiger partial charge is 0.486 e. The summed E-state index contributed by atoms with van der Waals surface area (Å²) >= 11 is 0. The van der Waals surface area contributed by atoms with Gasteiger partial charge in [0.2, 0.25) is 0 Å². The van der Waals surface area contributed by atoms with E-state index in [1.807, 2.05) is 37.3 Å². The number of ether oxygens (including phenoxy) is 1. The lowest BCUT2D eigenvalue weighted by molar-refractivity contribution is 0.0922. The van der Waals surface area contributed by atoms with Crippen molar-refractivity contribution in [1.82, 2.24) is 5.32 Å². The van der Waals surface area contributed by atoms with E-state index in [-0.39, 0.29) is 5.91 Å². The van der Waals surface area contributed by atoms with E-state index in [9.17, 15) is 4.79 Å². The van der Waals surface area contributed by atoms with Crippen LogP contribution in [0.1, 0.15) is 29.7 Å². The maximum atomic E-state index is 11.6. The van der Waals surface area contributed by atoms with Crippen LogP contribution in [0.5, 0.6) is 5.75 Å². The summed E-state index contributed by atoms with van der Waals surface area (Å²) in [7, 11) is 0. The summed E-state index contributed by atoms with van der Waals surface area (Å²) in [6, 6.07) is 12.9. The van der Waals surface area contributed by atoms with Crippen LogP contribution in [0.4, 0.5) is 0 Å². The molecule has 0 unspecified atom stereocenters. The van der Waals surface area contributed by atoms with Crippen molar-refractivity contribution in [2.45, 2.75) is 20.0 Å². The van der Waals surface area contributed by atoms with Crippen LogP contribution >= 0.6 is 0 Å². The predicted molar refractivity (Wildman–Crippen MR) is 72.1 cm³/mol. The van der Waals surface area contributed by atoms with Gasteiger partial charge >= 0.3 is 0 Å². The van der Waals surface area contributed by atoms with E-state index < -0.39 is 0 Å². The van der Waals surface area contributed by atoms with Gasteiger partial charge in [-0.05, 0) is 30.7 Å². The molecule has 0 aliphatic heterocycles. The zero-order valence-corrected chi connectivity index (χ0v) is 10.9. The molecule has 0 spiro atoms. The zero-order chi connectivity index (χ0) is 13.5. The first-order valence-corrected chi connectivity index (χ1v) is 6.34. The molecule has 0 aliphatic carbocycles. The summed E-state index contributed by atoms with van der Waals surface area (Å²) in [6.07, 6.45) is 0.899. The molecule has 0 saturated heterocycles. The number of hydrogen-bond donors (Lipinski definition) is 1. The van der Waals surface area contributed by atoms with E-state index in [0.29, 0.717) is 24.7 Å². The van der Waals surface area contributed by atoms with Gasteiger partial charge in [-0.3, -0.25) is 4.79 Å². The Morgan fingerprint density at radius 3 is 2.74 bits per heavy atom. The van der Waals surface area contributed by atoms with Crippen LogP contribution in [0.3, 0.4) is 0 Å². The van der Waals surface area contributed by atoms with Gasteiger partial charge in [0.1, 0.15) is 18.1 Å². The molecule has 4 nitrogen and oxygen atoms in total. The molecule has 4 heteroatoms. The number of benzene rings is 1. The van der Waals surface area contributed by atoms with Gasteiger partial charge in [-0.15, -0.1) is 0 Å². The van der Waals surface area contributed by atoms with Gasteiger partial charge < -0.3 is 14.5 Å². The summed E-state index contributed by atoms with van der Waals surface area (Å²) in [6.45, 7) is 2.96. The van der Waals surface area contributed by atoms with Crippen molar-refractivity contribution in [3.8, 4) is 5.75 Å². The molecule has 1 N–H and O–H groups in total. The second-order valence-corrected chi connectivity index (χ2v) is 4.12. The molecule has 19 heavy (non-hydrogen) atoms. The third-order valence-electron chi connectivity index (χ3n) is 2.55. The first kappa shape index (κ1) is 13.2. The fourth-order valence-corrected chi connectivity index (χ4v) is 1.57. The molecule has 2 aromatic rings. The highest BCUT2D eigenvalue weighted by Gasteiger charge is 2.10. The number of carbonyl (C=O) groups excluding carboxylic acids is 1. The van der Waals surface area contributed by atoms with E-state index in [2.05, 4.69) is 5.32 Å². The van der Waals surface area contributed by atoms with Crippen LogP contribution in [0, 0.1) is 0 Å². The van der Waals surface area contributed by atoms with Crippen LogP contribution < -0.4 is 10.1 Å². The third kappa shape index (κ3) is 3.88. The monoisotopic (exact) mass is 259 g/mol. The fourth-order valence-electron chi connectivity index (χ4n) is 1.57. The van der Waals surface area contributed by atoms with Gasteiger partial charge in [-0.25, -0.2) is 0 Å². The molecule has 1 heterocycles. The molecule has 0 bridgehead atoms. The molecule has 1 aromatic heterocycles. The van der Waals surface area contributed by atoms with Crippen LogP contribution in [0.25, 0.3) is 0 Å². The number of carbonyl (C=O) groups is 1. The minimum atomic E-state index is -0.187. The Labute approximate surface area is 112 Å². The highest BCUT2D eigenvalue weighted by atomic mass is 16.5. The SMILES string of the molecule is CCCNC(=O)c1ccc(COc2ccccc2)o1. The van der Waals surface area contributed by atoms with Crippen molar-refractivity contribution in [3.63, 3.8) is 0 Å². The molecule has 0 radical (unpaired) electrons. The van der Waals surface area contributed by atoms with Crippen molar-refractivity contribution in [2.75, 3.05) is 6.54 Å². The van der Waals surface area contributed by atoms with E-state index in [1.54, 1.807) is 12.1 Å². The molecule has 0 atom stereocenters. The molecule has 1 aromatic carbocycles. The molecule has 100 valence electrons. The first-order chi connectivity index (χ1) is 9.29. The zero-order valence-electron chi connectivity index (χ0n) is 10.9. The maximum absolute atomic E-state index is 11.6. The Hall–Kier alpha value is -2.23. The van der Waals surface area contributed by atoms with E-state index in [0.717, 1.165) is 12.2 Å². The fraction of sp³-hybridized carbons (Fsp3) is 0.267. The Morgan fingerprint density at radius 2 is 2.00 bits per heavy atom. The summed E-state index contributed by atoms with van der Waals surface area (Å²) in [5.41, 5.74) is 0. The van der Waals surface area contributed by atoms with Crippen LogP contribution in [0.2, 0.25) is 0 Å². The average Bonchev–Trinajstić information content (AvgIpc) is 2.92. The lowest BCUT2D eigenvalue weighted by Gasteiger charge is -2.03. The number of amides is 1. The van der Waals surface area contributed by atoms with Gasteiger partial charge in [0.25, 0.3) is 5.91 Å². The molecular weight excluding hydrogens is 242 g/mol. The topological polar surface area (TPSA) is 51.5 Å². The van der Waals surface area contributed by atoms with E-state index in [4.69, 9.17) is 9.15 Å². The van der Waals surface area contributed by atoms with Crippen molar-refractivity contribution in [2.24, 2.45) is 0 Å². The second kappa shape index (κ2) is 6.64. The van der Waals surface area contributed by atoms with Crippen molar-refractivity contribution in [1.29, 1.82) is 0 Å². The van der Waals surface area contributed by atoms with Crippen LogP contribution in [-0.4, -0.2) is 12.5 Å². The van der Waals surface area contributed by atoms with Gasteiger partial charge in [0.05, 0.1) is 0 Å². The number of hydrogen-bond acceptors (Lipinski definition) is 3. The maximum Gasteiger partial charge on any atom is 0.286 e. The lowest BCUT2D eigenvalue weighted by Crippen LogP contribution is -2.23. The summed E-state index contributed by atoms with van der Waals surface area (Å²) in [5, 5.41) is 2.76. The van der Waals surface area contributed by atoms with Crippen molar-refractivity contribution in [3.05, 3.63) is 54.0 Å². The molecular formula is C15H17NO3. The number of para-hydroxylation sites is 1. The molecule has 0 fully saturated rings. The number of furan rings is 1. The highest BCUT2D eigenvalue weighted by molar-refractivity contribution is 5.91. The summed E-state index contributed by atoms with van der Waals surface area (Å²) < 4.78 is 11.0. The van der Waals surface area contributed by atoms with Crippen molar-refractivity contribution < 1.29 is 13.9 Å². The predicted octanol–water partition coefficient (Wildman–Crippen LogP) is 3.00. The number of rotatable bonds is 6. The summed E-state index contributed by atoms with van der Waals surface area (Å²) in [5.74, 6) is 1.54. The number of nitrogens with one attached hydrogen (secondary N) is 1.